The number of rotatable bonds is 3. The van der Waals surface area contributed by atoms with Gasteiger partial charge in [0.25, 0.3) is 5.91 Å². The third kappa shape index (κ3) is 3.34. The number of amides is 1. The number of hydrogen-bond donors (Lipinski definition) is 2. The number of ether oxygens (including phenoxy) is 1. The minimum atomic E-state index is -0.275. The summed E-state index contributed by atoms with van der Waals surface area (Å²) >= 11 is 8.11. The van der Waals surface area contributed by atoms with Gasteiger partial charge >= 0.3 is 0 Å². The molecule has 0 atom stereocenters. The lowest BCUT2D eigenvalue weighted by molar-refractivity contribution is 0.102. The third-order valence-electron chi connectivity index (χ3n) is 2.69. The van der Waals surface area contributed by atoms with E-state index in [4.69, 9.17) is 22.1 Å². The fourth-order valence-corrected chi connectivity index (χ4v) is 2.12. The zero-order chi connectivity index (χ0) is 14.7. The van der Waals surface area contributed by atoms with Crippen LogP contribution in [0.1, 0.15) is 10.4 Å². The fourth-order valence-electron chi connectivity index (χ4n) is 1.60. The number of halogens is 2. The smallest absolute Gasteiger partial charge is 0.255 e. The summed E-state index contributed by atoms with van der Waals surface area (Å²) in [5.41, 5.74) is 7.27. The number of anilines is 2. The van der Waals surface area contributed by atoms with Crippen LogP contribution in [0.3, 0.4) is 0 Å². The van der Waals surface area contributed by atoms with Gasteiger partial charge in [0.2, 0.25) is 0 Å². The van der Waals surface area contributed by atoms with Crippen LogP contribution in [0, 0.1) is 3.57 Å². The molecule has 2 aromatic carbocycles. The average molecular weight is 403 g/mol. The summed E-state index contributed by atoms with van der Waals surface area (Å²) in [6, 6.07) is 10.2. The number of nitrogens with two attached hydrogens (primary N) is 1. The van der Waals surface area contributed by atoms with Crippen LogP contribution in [0.2, 0.25) is 5.02 Å². The average Bonchev–Trinajstić information content (AvgIpc) is 2.44. The maximum Gasteiger partial charge on any atom is 0.255 e. The topological polar surface area (TPSA) is 64.3 Å². The largest absolute Gasteiger partial charge is 0.497 e. The van der Waals surface area contributed by atoms with Crippen molar-refractivity contribution in [3.8, 4) is 5.75 Å². The Balaban J connectivity index is 2.25. The fraction of sp³-hybridized carbons (Fsp3) is 0.0714. The van der Waals surface area contributed by atoms with E-state index in [0.29, 0.717) is 27.7 Å². The first kappa shape index (κ1) is 14.9. The second kappa shape index (κ2) is 6.32. The molecule has 0 aliphatic heterocycles. The van der Waals surface area contributed by atoms with Gasteiger partial charge in [-0.05, 0) is 52.9 Å². The Morgan fingerprint density at radius 1 is 1.30 bits per heavy atom. The van der Waals surface area contributed by atoms with Crippen LogP contribution in [0.15, 0.2) is 36.4 Å². The molecule has 104 valence electrons. The molecule has 0 saturated heterocycles. The molecule has 0 spiro atoms. The predicted molar refractivity (Wildman–Crippen MR) is 89.5 cm³/mol. The van der Waals surface area contributed by atoms with E-state index in [2.05, 4.69) is 27.9 Å². The summed E-state index contributed by atoms with van der Waals surface area (Å²) in [5.74, 6) is 0.346. The minimum absolute atomic E-state index is 0.275. The van der Waals surface area contributed by atoms with Gasteiger partial charge in [0.15, 0.2) is 0 Å². The van der Waals surface area contributed by atoms with Crippen LogP contribution in [0.25, 0.3) is 0 Å². The molecule has 0 fully saturated rings. The summed E-state index contributed by atoms with van der Waals surface area (Å²) in [6.07, 6.45) is 0. The molecular weight excluding hydrogens is 391 g/mol. The van der Waals surface area contributed by atoms with Gasteiger partial charge in [-0.25, -0.2) is 0 Å². The highest BCUT2D eigenvalue weighted by Crippen LogP contribution is 2.25. The summed E-state index contributed by atoms with van der Waals surface area (Å²) in [5, 5.41) is 3.28. The van der Waals surface area contributed by atoms with Gasteiger partial charge in [-0.3, -0.25) is 4.79 Å². The first-order chi connectivity index (χ1) is 9.51. The molecule has 0 aromatic heterocycles. The van der Waals surface area contributed by atoms with Crippen molar-refractivity contribution in [2.75, 3.05) is 18.2 Å². The molecule has 0 saturated carbocycles. The number of nitrogen functional groups attached to an aromatic ring is 1. The first-order valence-corrected chi connectivity index (χ1v) is 7.17. The van der Waals surface area contributed by atoms with E-state index in [-0.39, 0.29) is 5.91 Å². The van der Waals surface area contributed by atoms with E-state index in [9.17, 15) is 4.79 Å². The van der Waals surface area contributed by atoms with Crippen molar-refractivity contribution in [1.82, 2.24) is 0 Å². The third-order valence-corrected chi connectivity index (χ3v) is 4.26. The number of carbonyl (C=O) groups is 1. The summed E-state index contributed by atoms with van der Waals surface area (Å²) in [6.45, 7) is 0. The Labute approximate surface area is 135 Å². The van der Waals surface area contributed by atoms with Gasteiger partial charge < -0.3 is 15.8 Å². The van der Waals surface area contributed by atoms with Gasteiger partial charge in [-0.1, -0.05) is 11.6 Å². The molecule has 0 aliphatic rings. The molecule has 3 N–H and O–H groups in total. The molecule has 20 heavy (non-hydrogen) atoms. The molecule has 6 heteroatoms. The minimum Gasteiger partial charge on any atom is -0.497 e. The maximum atomic E-state index is 12.2. The van der Waals surface area contributed by atoms with Crippen molar-refractivity contribution in [3.63, 3.8) is 0 Å². The van der Waals surface area contributed by atoms with Crippen LogP contribution in [0.5, 0.6) is 5.75 Å². The molecule has 0 bridgehead atoms. The van der Waals surface area contributed by atoms with Gasteiger partial charge in [0.1, 0.15) is 5.75 Å². The standard InChI is InChI=1S/C14H12ClIN2O2/c1-20-9-3-5-12(17)13(7-9)18-14(19)8-2-4-11(16)10(15)6-8/h2-7H,17H2,1H3,(H,18,19). The summed E-state index contributed by atoms with van der Waals surface area (Å²) in [4.78, 5) is 12.2. The first-order valence-electron chi connectivity index (χ1n) is 5.71. The lowest BCUT2D eigenvalue weighted by Gasteiger charge is -2.10. The molecule has 4 nitrogen and oxygen atoms in total. The van der Waals surface area contributed by atoms with Gasteiger partial charge in [0, 0.05) is 15.2 Å². The molecule has 0 unspecified atom stereocenters. The second-order valence-electron chi connectivity index (χ2n) is 4.04. The molecule has 2 aromatic rings. The molecule has 0 aliphatic carbocycles. The Kier molecular flexibility index (Phi) is 4.72. The van der Waals surface area contributed by atoms with Crippen LogP contribution in [-0.2, 0) is 0 Å². The number of methoxy groups -OCH3 is 1. The second-order valence-corrected chi connectivity index (χ2v) is 5.61. The van der Waals surface area contributed by atoms with E-state index in [1.54, 1.807) is 43.5 Å². The van der Waals surface area contributed by atoms with Crippen molar-refractivity contribution in [3.05, 3.63) is 50.6 Å². The van der Waals surface area contributed by atoms with Crippen LogP contribution >= 0.6 is 34.2 Å². The van der Waals surface area contributed by atoms with Crippen molar-refractivity contribution in [2.45, 2.75) is 0 Å². The predicted octanol–water partition coefficient (Wildman–Crippen LogP) is 3.79. The maximum absolute atomic E-state index is 12.2. The lowest BCUT2D eigenvalue weighted by Crippen LogP contribution is -2.13. The van der Waals surface area contributed by atoms with Gasteiger partial charge in [-0.15, -0.1) is 0 Å². The number of benzene rings is 2. The summed E-state index contributed by atoms with van der Waals surface area (Å²) < 4.78 is 5.99. The highest BCUT2D eigenvalue weighted by atomic mass is 127. The monoisotopic (exact) mass is 402 g/mol. The number of hydrogen-bond acceptors (Lipinski definition) is 3. The van der Waals surface area contributed by atoms with E-state index < -0.39 is 0 Å². The molecule has 2 rings (SSSR count). The van der Waals surface area contributed by atoms with Crippen LogP contribution in [0.4, 0.5) is 11.4 Å². The molecule has 0 heterocycles. The number of nitrogens with one attached hydrogen (secondary N) is 1. The Bertz CT molecular complexity index is 662. The van der Waals surface area contributed by atoms with Gasteiger partial charge in [0.05, 0.1) is 23.5 Å². The Hall–Kier alpha value is -1.47. The zero-order valence-corrected chi connectivity index (χ0v) is 13.5. The van der Waals surface area contributed by atoms with E-state index >= 15 is 0 Å². The van der Waals surface area contributed by atoms with E-state index in [1.165, 1.54) is 0 Å². The Morgan fingerprint density at radius 3 is 2.70 bits per heavy atom. The molecule has 1 amide bonds. The highest BCUT2D eigenvalue weighted by molar-refractivity contribution is 14.1. The van der Waals surface area contributed by atoms with Crippen LogP contribution < -0.4 is 15.8 Å². The lowest BCUT2D eigenvalue weighted by atomic mass is 10.2. The highest BCUT2D eigenvalue weighted by Gasteiger charge is 2.10. The van der Waals surface area contributed by atoms with E-state index in [0.717, 1.165) is 3.57 Å². The molecule has 0 radical (unpaired) electrons. The van der Waals surface area contributed by atoms with E-state index in [1.807, 2.05) is 0 Å². The SMILES string of the molecule is COc1ccc(N)c(NC(=O)c2ccc(I)c(Cl)c2)c1. The van der Waals surface area contributed by atoms with Gasteiger partial charge in [-0.2, -0.15) is 0 Å². The van der Waals surface area contributed by atoms with Crippen molar-refractivity contribution >= 4 is 51.5 Å². The summed E-state index contributed by atoms with van der Waals surface area (Å²) in [7, 11) is 1.55. The Morgan fingerprint density at radius 2 is 2.05 bits per heavy atom. The van der Waals surface area contributed by atoms with Crippen molar-refractivity contribution in [2.24, 2.45) is 0 Å². The molecular formula is C14H12ClIN2O2. The van der Waals surface area contributed by atoms with Crippen molar-refractivity contribution < 1.29 is 9.53 Å². The quantitative estimate of drug-likeness (QED) is 0.606. The number of carbonyl (C=O) groups excluding carboxylic acids is 1. The normalized spacial score (nSPS) is 10.2. The van der Waals surface area contributed by atoms with Crippen LogP contribution in [-0.4, -0.2) is 13.0 Å². The zero-order valence-electron chi connectivity index (χ0n) is 10.6. The van der Waals surface area contributed by atoms with Crippen molar-refractivity contribution in [1.29, 1.82) is 0 Å².